The van der Waals surface area contributed by atoms with E-state index in [1.165, 1.54) is 44.6 Å². The van der Waals surface area contributed by atoms with E-state index in [9.17, 15) is 13.6 Å². The highest BCUT2D eigenvalue weighted by Crippen LogP contribution is 2.35. The summed E-state index contributed by atoms with van der Waals surface area (Å²) >= 11 is 12.2. The third-order valence-electron chi connectivity index (χ3n) is 3.43. The van der Waals surface area contributed by atoms with E-state index in [1.54, 1.807) is 0 Å². The molecular formula is C17H15Cl2F2NO4. The van der Waals surface area contributed by atoms with Crippen molar-refractivity contribution in [1.82, 2.24) is 4.98 Å². The first-order valence-electron chi connectivity index (χ1n) is 7.39. The number of rotatable bonds is 7. The lowest BCUT2D eigenvalue weighted by molar-refractivity contribution is -0.146. The summed E-state index contributed by atoms with van der Waals surface area (Å²) in [6.45, 7) is -1.73. The first-order chi connectivity index (χ1) is 12.3. The van der Waals surface area contributed by atoms with E-state index in [1.807, 2.05) is 0 Å². The number of esters is 1. The number of aromatic nitrogens is 1. The normalized spacial score (nSPS) is 12.0. The molecule has 0 fully saturated rings. The minimum absolute atomic E-state index is 0.0758. The second-order valence-corrected chi connectivity index (χ2v) is 5.99. The second-order valence-electron chi connectivity index (χ2n) is 5.17. The second kappa shape index (κ2) is 9.00. The van der Waals surface area contributed by atoms with Gasteiger partial charge in [0.25, 0.3) is 0 Å². The van der Waals surface area contributed by atoms with Crippen LogP contribution < -0.4 is 9.47 Å². The van der Waals surface area contributed by atoms with Crippen molar-refractivity contribution in [2.75, 3.05) is 7.11 Å². The van der Waals surface area contributed by atoms with Gasteiger partial charge in [-0.1, -0.05) is 29.3 Å². The number of nitrogens with zero attached hydrogens (tertiary/aromatic N) is 1. The zero-order valence-electron chi connectivity index (χ0n) is 13.8. The maximum absolute atomic E-state index is 12.5. The third kappa shape index (κ3) is 5.19. The maximum Gasteiger partial charge on any atom is 0.387 e. The smallest absolute Gasteiger partial charge is 0.387 e. The van der Waals surface area contributed by atoms with Crippen LogP contribution in [0.5, 0.6) is 11.5 Å². The Morgan fingerprint density at radius 3 is 2.38 bits per heavy atom. The monoisotopic (exact) mass is 405 g/mol. The first-order valence-corrected chi connectivity index (χ1v) is 8.15. The fourth-order valence-electron chi connectivity index (χ4n) is 2.32. The Kier molecular flexibility index (Phi) is 6.99. The molecule has 0 aliphatic rings. The minimum atomic E-state index is -2.99. The number of carbonyl (C=O) groups is 1. The van der Waals surface area contributed by atoms with Crippen LogP contribution in [0.3, 0.4) is 0 Å². The fraction of sp³-hybridized carbons (Fsp3) is 0.294. The van der Waals surface area contributed by atoms with Crippen molar-refractivity contribution in [3.05, 3.63) is 51.8 Å². The highest BCUT2D eigenvalue weighted by atomic mass is 35.5. The van der Waals surface area contributed by atoms with Crippen molar-refractivity contribution < 1.29 is 27.8 Å². The number of hydrogen-bond acceptors (Lipinski definition) is 5. The molecule has 5 nitrogen and oxygen atoms in total. The van der Waals surface area contributed by atoms with Crippen LogP contribution >= 0.6 is 23.2 Å². The van der Waals surface area contributed by atoms with E-state index in [-0.39, 0.29) is 17.9 Å². The van der Waals surface area contributed by atoms with Gasteiger partial charge in [-0.3, -0.25) is 9.78 Å². The van der Waals surface area contributed by atoms with Crippen molar-refractivity contribution in [3.63, 3.8) is 0 Å². The predicted molar refractivity (Wildman–Crippen MR) is 92.1 cm³/mol. The van der Waals surface area contributed by atoms with Crippen molar-refractivity contribution >= 4 is 29.2 Å². The molecule has 0 saturated heterocycles. The number of methoxy groups -OCH3 is 1. The van der Waals surface area contributed by atoms with Gasteiger partial charge in [-0.25, -0.2) is 0 Å². The zero-order chi connectivity index (χ0) is 19.3. The van der Waals surface area contributed by atoms with Gasteiger partial charge in [-0.05, 0) is 23.3 Å². The zero-order valence-corrected chi connectivity index (χ0v) is 15.4. The Hall–Kier alpha value is -2.12. The lowest BCUT2D eigenvalue weighted by Crippen LogP contribution is -2.13. The van der Waals surface area contributed by atoms with Gasteiger partial charge in [0, 0.05) is 25.7 Å². The van der Waals surface area contributed by atoms with Crippen LogP contribution in [0, 0.1) is 0 Å². The van der Waals surface area contributed by atoms with E-state index in [4.69, 9.17) is 32.7 Å². The molecule has 0 spiro atoms. The standard InChI is InChI=1S/C17H15Cl2F2NO4/c1-9(23)25-15(6-11-12(18)7-22-8-13(11)19)10-3-4-14(26-17(20)21)16(5-10)24-2/h3-5,7-8,15,17H,6H2,1-2H3. The minimum Gasteiger partial charge on any atom is -0.493 e. The van der Waals surface area contributed by atoms with Crippen LogP contribution in [0.15, 0.2) is 30.6 Å². The van der Waals surface area contributed by atoms with E-state index in [0.717, 1.165) is 0 Å². The van der Waals surface area contributed by atoms with Crippen LogP contribution in [-0.2, 0) is 16.0 Å². The fourth-order valence-corrected chi connectivity index (χ4v) is 2.84. The van der Waals surface area contributed by atoms with Gasteiger partial charge in [0.15, 0.2) is 11.5 Å². The van der Waals surface area contributed by atoms with E-state index < -0.39 is 18.7 Å². The molecule has 0 N–H and O–H groups in total. The molecule has 2 rings (SSSR count). The largest absolute Gasteiger partial charge is 0.493 e. The number of hydrogen-bond donors (Lipinski definition) is 0. The van der Waals surface area contributed by atoms with Crippen LogP contribution in [0.1, 0.15) is 24.2 Å². The Balaban J connectivity index is 2.39. The van der Waals surface area contributed by atoms with Gasteiger partial charge >= 0.3 is 12.6 Å². The number of ether oxygens (including phenoxy) is 3. The molecule has 0 aliphatic carbocycles. The molecule has 0 bridgehead atoms. The van der Waals surface area contributed by atoms with Gasteiger partial charge in [0.2, 0.25) is 0 Å². The lowest BCUT2D eigenvalue weighted by atomic mass is 10.0. The average Bonchev–Trinajstić information content (AvgIpc) is 2.57. The average molecular weight is 406 g/mol. The summed E-state index contributed by atoms with van der Waals surface area (Å²) in [6, 6.07) is 4.26. The Bertz CT molecular complexity index is 769. The van der Waals surface area contributed by atoms with Gasteiger partial charge in [-0.15, -0.1) is 0 Å². The van der Waals surface area contributed by atoms with Crippen LogP contribution in [0.2, 0.25) is 10.0 Å². The van der Waals surface area contributed by atoms with Crippen LogP contribution in [0.4, 0.5) is 8.78 Å². The SMILES string of the molecule is COc1cc(C(Cc2c(Cl)cncc2Cl)OC(C)=O)ccc1OC(F)F. The topological polar surface area (TPSA) is 57.7 Å². The molecule has 0 radical (unpaired) electrons. The van der Waals surface area contributed by atoms with E-state index >= 15 is 0 Å². The lowest BCUT2D eigenvalue weighted by Gasteiger charge is -2.20. The van der Waals surface area contributed by atoms with Gasteiger partial charge in [0.1, 0.15) is 6.10 Å². The summed E-state index contributed by atoms with van der Waals surface area (Å²) in [6.07, 6.45) is 2.25. The first kappa shape index (κ1) is 20.2. The van der Waals surface area contributed by atoms with Gasteiger partial charge < -0.3 is 14.2 Å². The molecule has 0 aliphatic heterocycles. The Morgan fingerprint density at radius 1 is 1.19 bits per heavy atom. The maximum atomic E-state index is 12.5. The summed E-state index contributed by atoms with van der Waals surface area (Å²) in [7, 11) is 1.31. The molecule has 26 heavy (non-hydrogen) atoms. The number of benzene rings is 1. The number of alkyl halides is 2. The summed E-state index contributed by atoms with van der Waals surface area (Å²) in [4.78, 5) is 15.4. The van der Waals surface area contributed by atoms with Crippen molar-refractivity contribution in [2.24, 2.45) is 0 Å². The van der Waals surface area contributed by atoms with Crippen molar-refractivity contribution in [1.29, 1.82) is 0 Å². The Labute approximate surface area is 158 Å². The Morgan fingerprint density at radius 2 is 1.85 bits per heavy atom. The van der Waals surface area contributed by atoms with Crippen LogP contribution in [0.25, 0.3) is 0 Å². The highest BCUT2D eigenvalue weighted by Gasteiger charge is 2.21. The molecular weight excluding hydrogens is 391 g/mol. The van der Waals surface area contributed by atoms with Gasteiger partial charge in [0.05, 0.1) is 17.2 Å². The summed E-state index contributed by atoms with van der Waals surface area (Å²) < 4.78 is 39.7. The predicted octanol–water partition coefficient (Wildman–Crippen LogP) is 4.85. The number of pyridine rings is 1. The number of halogens is 4. The molecule has 0 saturated carbocycles. The van der Waals surface area contributed by atoms with E-state index in [0.29, 0.717) is 21.2 Å². The molecule has 9 heteroatoms. The van der Waals surface area contributed by atoms with Gasteiger partial charge in [-0.2, -0.15) is 8.78 Å². The highest BCUT2D eigenvalue weighted by molar-refractivity contribution is 6.35. The van der Waals surface area contributed by atoms with Crippen molar-refractivity contribution in [3.8, 4) is 11.5 Å². The number of carbonyl (C=O) groups excluding carboxylic acids is 1. The molecule has 2 aromatic rings. The molecule has 1 aromatic carbocycles. The molecule has 1 heterocycles. The van der Waals surface area contributed by atoms with Crippen molar-refractivity contribution in [2.45, 2.75) is 26.1 Å². The van der Waals surface area contributed by atoms with Crippen LogP contribution in [-0.4, -0.2) is 24.7 Å². The quantitative estimate of drug-likeness (QED) is 0.616. The summed E-state index contributed by atoms with van der Waals surface area (Å²) in [5.74, 6) is -0.581. The molecule has 140 valence electrons. The summed E-state index contributed by atoms with van der Waals surface area (Å²) in [5.41, 5.74) is 1.05. The van der Waals surface area contributed by atoms with E-state index in [2.05, 4.69) is 9.72 Å². The molecule has 1 unspecified atom stereocenters. The molecule has 0 amide bonds. The molecule has 1 atom stereocenters. The molecule has 1 aromatic heterocycles. The third-order valence-corrected chi connectivity index (χ3v) is 4.08. The summed E-state index contributed by atoms with van der Waals surface area (Å²) in [5, 5.41) is 0.638.